The molecular weight excluding hydrogens is 188 g/mol. The van der Waals surface area contributed by atoms with Crippen LogP contribution in [0.2, 0.25) is 0 Å². The summed E-state index contributed by atoms with van der Waals surface area (Å²) in [6, 6.07) is 0.372. The first kappa shape index (κ1) is 11.4. The Hall–Kier alpha value is -0.120. The minimum absolute atomic E-state index is 0.0259. The van der Waals surface area contributed by atoms with Crippen LogP contribution in [-0.2, 0) is 4.74 Å². The predicted octanol–water partition coefficient (Wildman–Crippen LogP) is 1.97. The first-order valence-corrected chi connectivity index (χ1v) is 6.34. The second-order valence-electron chi connectivity index (χ2n) is 5.16. The average molecular weight is 212 g/mol. The number of ether oxygens (including phenoxy) is 1. The molecule has 15 heavy (non-hydrogen) atoms. The van der Waals surface area contributed by atoms with Crippen molar-refractivity contribution in [2.24, 2.45) is 11.8 Å². The molecule has 3 heteroatoms. The first-order valence-electron chi connectivity index (χ1n) is 6.34. The summed E-state index contributed by atoms with van der Waals surface area (Å²) in [6.45, 7) is 0. The highest BCUT2D eigenvalue weighted by Crippen LogP contribution is 2.41. The van der Waals surface area contributed by atoms with Gasteiger partial charge < -0.3 is 4.74 Å². The van der Waals surface area contributed by atoms with Gasteiger partial charge in [-0.05, 0) is 31.6 Å². The summed E-state index contributed by atoms with van der Waals surface area (Å²) in [5.41, 5.74) is 3.07. The first-order chi connectivity index (χ1) is 7.32. The van der Waals surface area contributed by atoms with Crippen LogP contribution in [-0.4, -0.2) is 18.8 Å². The monoisotopic (exact) mass is 212 g/mol. The van der Waals surface area contributed by atoms with Crippen LogP contribution in [0.25, 0.3) is 0 Å². The Bertz CT molecular complexity index is 198. The molecule has 2 fully saturated rings. The smallest absolute Gasteiger partial charge is 0.0847 e. The van der Waals surface area contributed by atoms with Gasteiger partial charge >= 0.3 is 0 Å². The Morgan fingerprint density at radius 3 is 2.27 bits per heavy atom. The van der Waals surface area contributed by atoms with E-state index in [4.69, 9.17) is 10.6 Å². The molecule has 0 aromatic rings. The molecule has 0 amide bonds. The summed E-state index contributed by atoms with van der Waals surface area (Å²) in [5.74, 6) is 6.49. The Kier molecular flexibility index (Phi) is 3.65. The molecule has 88 valence electrons. The van der Waals surface area contributed by atoms with Crippen LogP contribution in [0.4, 0.5) is 0 Å². The fourth-order valence-electron chi connectivity index (χ4n) is 3.28. The van der Waals surface area contributed by atoms with Gasteiger partial charge in [-0.25, -0.2) is 0 Å². The predicted molar refractivity (Wildman–Crippen MR) is 61.3 cm³/mol. The van der Waals surface area contributed by atoms with E-state index in [1.807, 2.05) is 7.11 Å². The summed E-state index contributed by atoms with van der Waals surface area (Å²) in [4.78, 5) is 0. The van der Waals surface area contributed by atoms with Crippen LogP contribution < -0.4 is 11.3 Å². The van der Waals surface area contributed by atoms with Gasteiger partial charge in [-0.1, -0.05) is 25.7 Å². The third-order valence-corrected chi connectivity index (χ3v) is 4.47. The summed E-state index contributed by atoms with van der Waals surface area (Å²) in [6.07, 6.45) is 10.3. The van der Waals surface area contributed by atoms with E-state index in [-0.39, 0.29) is 5.60 Å². The van der Waals surface area contributed by atoms with Gasteiger partial charge in [-0.2, -0.15) is 0 Å². The van der Waals surface area contributed by atoms with Crippen molar-refractivity contribution in [1.82, 2.24) is 5.43 Å². The maximum atomic E-state index is 5.85. The summed E-state index contributed by atoms with van der Waals surface area (Å²) in [7, 11) is 1.86. The van der Waals surface area contributed by atoms with Crippen LogP contribution in [0, 0.1) is 5.92 Å². The Morgan fingerprint density at radius 1 is 1.20 bits per heavy atom. The van der Waals surface area contributed by atoms with E-state index in [2.05, 4.69) is 5.43 Å². The molecule has 0 aromatic heterocycles. The maximum Gasteiger partial charge on any atom is 0.0847 e. The normalized spacial score (nSPS) is 28.4. The fourth-order valence-corrected chi connectivity index (χ4v) is 3.28. The minimum Gasteiger partial charge on any atom is -0.377 e. The number of hydrogen-bond acceptors (Lipinski definition) is 3. The number of nitrogens with two attached hydrogens (primary N) is 1. The zero-order chi connectivity index (χ0) is 10.7. The van der Waals surface area contributed by atoms with E-state index >= 15 is 0 Å². The van der Waals surface area contributed by atoms with Crippen molar-refractivity contribution < 1.29 is 4.74 Å². The zero-order valence-corrected chi connectivity index (χ0v) is 9.80. The van der Waals surface area contributed by atoms with Gasteiger partial charge in [0.2, 0.25) is 0 Å². The van der Waals surface area contributed by atoms with Crippen LogP contribution >= 0.6 is 0 Å². The molecule has 0 radical (unpaired) electrons. The van der Waals surface area contributed by atoms with E-state index in [0.29, 0.717) is 6.04 Å². The molecule has 2 aliphatic rings. The molecule has 0 aliphatic heterocycles. The van der Waals surface area contributed by atoms with Gasteiger partial charge in [0, 0.05) is 7.11 Å². The van der Waals surface area contributed by atoms with Crippen molar-refractivity contribution in [2.75, 3.05) is 7.11 Å². The fraction of sp³-hybridized carbons (Fsp3) is 1.00. The van der Waals surface area contributed by atoms with Crippen LogP contribution in [0.15, 0.2) is 0 Å². The number of hydrazine groups is 1. The van der Waals surface area contributed by atoms with Crippen LogP contribution in [0.5, 0.6) is 0 Å². The Balaban J connectivity index is 2.06. The van der Waals surface area contributed by atoms with Gasteiger partial charge in [-0.3, -0.25) is 11.3 Å². The van der Waals surface area contributed by atoms with Gasteiger partial charge in [0.05, 0.1) is 11.6 Å². The molecule has 2 rings (SSSR count). The Labute approximate surface area is 92.7 Å². The lowest BCUT2D eigenvalue weighted by Gasteiger charge is -2.48. The summed E-state index contributed by atoms with van der Waals surface area (Å²) < 4.78 is 5.85. The Morgan fingerprint density at radius 2 is 1.87 bits per heavy atom. The lowest BCUT2D eigenvalue weighted by atomic mass is 9.68. The number of rotatable bonds is 4. The van der Waals surface area contributed by atoms with Crippen LogP contribution in [0.1, 0.15) is 51.4 Å². The molecule has 3 N–H and O–H groups in total. The van der Waals surface area contributed by atoms with E-state index < -0.39 is 0 Å². The number of hydrogen-bond donors (Lipinski definition) is 2. The highest BCUT2D eigenvalue weighted by Gasteiger charge is 2.44. The van der Waals surface area contributed by atoms with Crippen LogP contribution in [0.3, 0.4) is 0 Å². The molecule has 0 aromatic carbocycles. The third kappa shape index (κ3) is 2.05. The summed E-state index contributed by atoms with van der Waals surface area (Å²) in [5, 5.41) is 0. The molecule has 2 aliphatic carbocycles. The SMILES string of the molecule is COC1(C(NN)C2CCC2)CCCCC1. The zero-order valence-electron chi connectivity index (χ0n) is 9.80. The molecule has 1 atom stereocenters. The molecule has 0 heterocycles. The molecule has 0 bridgehead atoms. The van der Waals surface area contributed by atoms with E-state index in [1.165, 1.54) is 51.4 Å². The molecule has 0 spiro atoms. The van der Waals surface area contributed by atoms with E-state index in [0.717, 1.165) is 5.92 Å². The van der Waals surface area contributed by atoms with Gasteiger partial charge in [0.1, 0.15) is 0 Å². The van der Waals surface area contributed by atoms with E-state index in [1.54, 1.807) is 0 Å². The lowest BCUT2D eigenvalue weighted by molar-refractivity contribution is -0.0904. The second kappa shape index (κ2) is 4.81. The van der Waals surface area contributed by atoms with Crippen molar-refractivity contribution in [3.63, 3.8) is 0 Å². The highest BCUT2D eigenvalue weighted by molar-refractivity contribution is 4.99. The third-order valence-electron chi connectivity index (χ3n) is 4.47. The van der Waals surface area contributed by atoms with Gasteiger partial charge in [-0.15, -0.1) is 0 Å². The van der Waals surface area contributed by atoms with Gasteiger partial charge in [0.25, 0.3) is 0 Å². The van der Waals surface area contributed by atoms with Crippen molar-refractivity contribution >= 4 is 0 Å². The van der Waals surface area contributed by atoms with Crippen molar-refractivity contribution in [3.8, 4) is 0 Å². The van der Waals surface area contributed by atoms with Gasteiger partial charge in [0.15, 0.2) is 0 Å². The molecular formula is C12H24N2O. The second-order valence-corrected chi connectivity index (χ2v) is 5.16. The number of methoxy groups -OCH3 is 1. The lowest BCUT2D eigenvalue weighted by Crippen LogP contribution is -2.60. The van der Waals surface area contributed by atoms with Crippen molar-refractivity contribution in [3.05, 3.63) is 0 Å². The molecule has 2 saturated carbocycles. The van der Waals surface area contributed by atoms with Crippen molar-refractivity contribution in [2.45, 2.75) is 63.0 Å². The van der Waals surface area contributed by atoms with E-state index in [9.17, 15) is 0 Å². The molecule has 3 nitrogen and oxygen atoms in total. The number of nitrogens with one attached hydrogen (secondary N) is 1. The maximum absolute atomic E-state index is 5.85. The largest absolute Gasteiger partial charge is 0.377 e. The standard InChI is InChI=1S/C12H24N2O/c1-15-12(8-3-2-4-9-12)11(14-13)10-6-5-7-10/h10-11,14H,2-9,13H2,1H3. The van der Waals surface area contributed by atoms with Crippen molar-refractivity contribution in [1.29, 1.82) is 0 Å². The minimum atomic E-state index is 0.0259. The molecule has 0 saturated heterocycles. The topological polar surface area (TPSA) is 47.3 Å². The molecule has 1 unspecified atom stereocenters. The highest BCUT2D eigenvalue weighted by atomic mass is 16.5. The average Bonchev–Trinajstić information content (AvgIpc) is 2.24. The quantitative estimate of drug-likeness (QED) is 0.553. The summed E-state index contributed by atoms with van der Waals surface area (Å²) >= 11 is 0.